The van der Waals surface area contributed by atoms with Crippen LogP contribution in [0.3, 0.4) is 0 Å². The van der Waals surface area contributed by atoms with Gasteiger partial charge in [-0.15, -0.1) is 0 Å². The van der Waals surface area contributed by atoms with Gasteiger partial charge in [0, 0.05) is 12.5 Å². The van der Waals surface area contributed by atoms with Crippen LogP contribution in [0.5, 0.6) is 0 Å². The van der Waals surface area contributed by atoms with Crippen molar-refractivity contribution in [1.82, 2.24) is 10.1 Å². The van der Waals surface area contributed by atoms with Gasteiger partial charge in [0.25, 0.3) is 0 Å². The molecule has 1 heterocycles. The highest BCUT2D eigenvalue weighted by Crippen LogP contribution is 2.11. The van der Waals surface area contributed by atoms with Crippen LogP contribution < -0.4 is 5.32 Å². The minimum atomic E-state index is -0.422. The summed E-state index contributed by atoms with van der Waals surface area (Å²) in [5.41, 5.74) is 0. The van der Waals surface area contributed by atoms with Crippen molar-refractivity contribution >= 4 is 6.01 Å². The van der Waals surface area contributed by atoms with Gasteiger partial charge >= 0.3 is 6.01 Å². The third-order valence-electron chi connectivity index (χ3n) is 1.51. The molecule has 1 unspecified atom stereocenters. The molecule has 1 aromatic heterocycles. The molecule has 0 amide bonds. The zero-order valence-corrected chi connectivity index (χ0v) is 8.11. The molecule has 2 N–H and O–H groups in total. The summed E-state index contributed by atoms with van der Waals surface area (Å²) in [6.07, 6.45) is -0.422. The number of aromatic nitrogens is 2. The molecule has 0 radical (unpaired) electrons. The fraction of sp³-hybridized carbons (Fsp3) is 0.750. The maximum absolute atomic E-state index is 8.98. The van der Waals surface area contributed by atoms with Gasteiger partial charge in [-0.05, 0) is 6.92 Å². The second kappa shape index (κ2) is 4.23. The molecule has 5 heteroatoms. The van der Waals surface area contributed by atoms with Crippen molar-refractivity contribution in [2.24, 2.45) is 0 Å². The van der Waals surface area contributed by atoms with Crippen LogP contribution in [0, 0.1) is 0 Å². The molecule has 0 aliphatic heterocycles. The van der Waals surface area contributed by atoms with E-state index in [1.165, 1.54) is 0 Å². The fourth-order valence-electron chi connectivity index (χ4n) is 0.776. The number of nitrogens with one attached hydrogen (secondary N) is 1. The molecule has 74 valence electrons. The Balaban J connectivity index is 2.49. The lowest BCUT2D eigenvalue weighted by Crippen LogP contribution is -2.15. The summed E-state index contributed by atoms with van der Waals surface area (Å²) in [5.74, 6) is 0.930. The topological polar surface area (TPSA) is 71.2 Å². The van der Waals surface area contributed by atoms with Gasteiger partial charge in [0.05, 0.1) is 6.10 Å². The molecular weight excluding hydrogens is 170 g/mol. The van der Waals surface area contributed by atoms with Crippen LogP contribution in [0.25, 0.3) is 0 Å². The first-order chi connectivity index (χ1) is 6.09. The van der Waals surface area contributed by atoms with Crippen molar-refractivity contribution in [2.45, 2.75) is 32.8 Å². The highest BCUT2D eigenvalue weighted by atomic mass is 16.5. The van der Waals surface area contributed by atoms with Gasteiger partial charge < -0.3 is 14.9 Å². The molecule has 0 aromatic carbocycles. The van der Waals surface area contributed by atoms with E-state index in [9.17, 15) is 0 Å². The summed E-state index contributed by atoms with van der Waals surface area (Å²) in [7, 11) is 0. The molecule has 0 bridgehead atoms. The predicted molar refractivity (Wildman–Crippen MR) is 48.6 cm³/mol. The van der Waals surface area contributed by atoms with Crippen LogP contribution in [0.1, 0.15) is 32.5 Å². The lowest BCUT2D eigenvalue weighted by atomic mass is 10.2. The first-order valence-corrected chi connectivity index (χ1v) is 4.35. The minimum Gasteiger partial charge on any atom is -0.392 e. The standard InChI is InChI=1S/C8H15N3O2/c1-5(2)7-10-8(13-11-7)9-4-6(3)12/h5-6,12H,4H2,1-3H3,(H,9,10,11). The predicted octanol–water partition coefficient (Wildman–Crippen LogP) is 0.986. The number of nitrogens with zero attached hydrogens (tertiary/aromatic N) is 2. The summed E-state index contributed by atoms with van der Waals surface area (Å²) in [6.45, 7) is 6.08. The maximum Gasteiger partial charge on any atom is 0.321 e. The van der Waals surface area contributed by atoms with E-state index >= 15 is 0 Å². The van der Waals surface area contributed by atoms with Gasteiger partial charge in [-0.3, -0.25) is 0 Å². The fourth-order valence-corrected chi connectivity index (χ4v) is 0.776. The van der Waals surface area contributed by atoms with Crippen LogP contribution in [-0.4, -0.2) is 27.9 Å². The molecule has 5 nitrogen and oxygen atoms in total. The molecule has 0 aliphatic rings. The summed E-state index contributed by atoms with van der Waals surface area (Å²) in [6, 6.07) is 0.365. The van der Waals surface area contributed by atoms with Gasteiger partial charge in [0.1, 0.15) is 0 Å². The largest absolute Gasteiger partial charge is 0.392 e. The summed E-state index contributed by atoms with van der Waals surface area (Å²) < 4.78 is 4.89. The van der Waals surface area contributed by atoms with E-state index in [0.29, 0.717) is 18.4 Å². The van der Waals surface area contributed by atoms with Crippen LogP contribution in [0.15, 0.2) is 4.52 Å². The molecule has 0 saturated carbocycles. The Morgan fingerprint density at radius 2 is 2.15 bits per heavy atom. The van der Waals surface area contributed by atoms with Crippen LogP contribution in [-0.2, 0) is 0 Å². The Kier molecular flexibility index (Phi) is 3.25. The zero-order chi connectivity index (χ0) is 9.84. The Morgan fingerprint density at radius 1 is 1.46 bits per heavy atom. The highest BCUT2D eigenvalue weighted by molar-refractivity contribution is 5.18. The number of rotatable bonds is 4. The normalized spacial score (nSPS) is 13.3. The number of hydrogen-bond acceptors (Lipinski definition) is 5. The first kappa shape index (κ1) is 9.98. The number of hydrogen-bond donors (Lipinski definition) is 2. The molecule has 1 atom stereocenters. The molecule has 0 saturated heterocycles. The van der Waals surface area contributed by atoms with Crippen molar-refractivity contribution in [1.29, 1.82) is 0 Å². The number of aliphatic hydroxyl groups is 1. The van der Waals surface area contributed by atoms with Crippen molar-refractivity contribution < 1.29 is 9.63 Å². The van der Waals surface area contributed by atoms with E-state index in [0.717, 1.165) is 0 Å². The second-order valence-corrected chi connectivity index (χ2v) is 3.34. The third kappa shape index (κ3) is 3.02. The van der Waals surface area contributed by atoms with Gasteiger partial charge in [-0.1, -0.05) is 19.0 Å². The summed E-state index contributed by atoms with van der Waals surface area (Å²) in [4.78, 5) is 4.08. The molecule has 0 fully saturated rings. The van der Waals surface area contributed by atoms with Crippen molar-refractivity contribution in [2.75, 3.05) is 11.9 Å². The zero-order valence-electron chi connectivity index (χ0n) is 8.11. The Bertz CT molecular complexity index is 258. The van der Waals surface area contributed by atoms with Gasteiger partial charge in [-0.25, -0.2) is 0 Å². The van der Waals surface area contributed by atoms with Crippen molar-refractivity contribution in [3.05, 3.63) is 5.82 Å². The Labute approximate surface area is 77.2 Å². The van der Waals surface area contributed by atoms with E-state index in [4.69, 9.17) is 9.63 Å². The lowest BCUT2D eigenvalue weighted by Gasteiger charge is -2.01. The van der Waals surface area contributed by atoms with Gasteiger partial charge in [0.15, 0.2) is 5.82 Å². The second-order valence-electron chi connectivity index (χ2n) is 3.34. The SMILES string of the molecule is CC(O)CNc1nc(C(C)C)no1. The third-order valence-corrected chi connectivity index (χ3v) is 1.51. The number of anilines is 1. The average molecular weight is 185 g/mol. The van der Waals surface area contributed by atoms with E-state index in [1.54, 1.807) is 6.92 Å². The molecule has 1 rings (SSSR count). The monoisotopic (exact) mass is 185 g/mol. The molecule has 0 aliphatic carbocycles. The van der Waals surface area contributed by atoms with Crippen LogP contribution in [0.4, 0.5) is 6.01 Å². The van der Waals surface area contributed by atoms with Crippen LogP contribution >= 0.6 is 0 Å². The smallest absolute Gasteiger partial charge is 0.321 e. The van der Waals surface area contributed by atoms with E-state index in [1.807, 2.05) is 13.8 Å². The lowest BCUT2D eigenvalue weighted by molar-refractivity contribution is 0.207. The van der Waals surface area contributed by atoms with Gasteiger partial charge in [-0.2, -0.15) is 4.98 Å². The molecular formula is C8H15N3O2. The first-order valence-electron chi connectivity index (χ1n) is 4.35. The van der Waals surface area contributed by atoms with Crippen LogP contribution in [0.2, 0.25) is 0 Å². The molecule has 13 heavy (non-hydrogen) atoms. The molecule has 0 spiro atoms. The van der Waals surface area contributed by atoms with Gasteiger partial charge in [0.2, 0.25) is 0 Å². The average Bonchev–Trinajstić information content (AvgIpc) is 2.48. The summed E-state index contributed by atoms with van der Waals surface area (Å²) >= 11 is 0. The van der Waals surface area contributed by atoms with E-state index in [2.05, 4.69) is 15.5 Å². The number of aliphatic hydroxyl groups excluding tert-OH is 1. The maximum atomic E-state index is 8.98. The van der Waals surface area contributed by atoms with E-state index < -0.39 is 6.10 Å². The Morgan fingerprint density at radius 3 is 2.62 bits per heavy atom. The quantitative estimate of drug-likeness (QED) is 0.731. The minimum absolute atomic E-state index is 0.255. The van der Waals surface area contributed by atoms with E-state index in [-0.39, 0.29) is 5.92 Å². The van der Waals surface area contributed by atoms with Crippen molar-refractivity contribution in [3.63, 3.8) is 0 Å². The highest BCUT2D eigenvalue weighted by Gasteiger charge is 2.09. The summed E-state index contributed by atoms with van der Waals surface area (Å²) in [5, 5.41) is 15.6. The molecule has 1 aromatic rings. The van der Waals surface area contributed by atoms with Crippen molar-refractivity contribution in [3.8, 4) is 0 Å². The Hall–Kier alpha value is -1.10.